The largest absolute Gasteiger partial charge is 0.351 e. The Morgan fingerprint density at radius 2 is 1.93 bits per heavy atom. The van der Waals surface area contributed by atoms with Crippen molar-refractivity contribution >= 4 is 5.91 Å². The molecule has 0 radical (unpaired) electrons. The van der Waals surface area contributed by atoms with Crippen molar-refractivity contribution in [3.05, 3.63) is 0 Å². The molecule has 0 aromatic heterocycles. The lowest BCUT2D eigenvalue weighted by atomic mass is 10.1. The summed E-state index contributed by atoms with van der Waals surface area (Å²) in [7, 11) is 0. The predicted octanol–water partition coefficient (Wildman–Crippen LogP) is 3.07. The Bertz CT molecular complexity index is 194. The van der Waals surface area contributed by atoms with Crippen molar-refractivity contribution in [3.8, 4) is 0 Å². The third-order valence-electron chi connectivity index (χ3n) is 2.30. The number of amides is 1. The van der Waals surface area contributed by atoms with Gasteiger partial charge in [0.15, 0.2) is 5.67 Å². The zero-order valence-corrected chi connectivity index (χ0v) is 10.6. The van der Waals surface area contributed by atoms with Crippen molar-refractivity contribution in [3.63, 3.8) is 0 Å². The van der Waals surface area contributed by atoms with Gasteiger partial charge in [0.2, 0.25) is 0 Å². The van der Waals surface area contributed by atoms with Gasteiger partial charge in [-0.2, -0.15) is 0 Å². The van der Waals surface area contributed by atoms with E-state index in [-0.39, 0.29) is 6.04 Å². The molecule has 1 unspecified atom stereocenters. The molecule has 2 nitrogen and oxygen atoms in total. The summed E-state index contributed by atoms with van der Waals surface area (Å²) in [4.78, 5) is 11.2. The molecule has 3 heteroatoms. The van der Waals surface area contributed by atoms with Crippen molar-refractivity contribution in [2.24, 2.45) is 5.92 Å². The standard InChI is InChI=1S/C10H18FNO.C2H6/c1-7(6-8-4-5-8)12-9(13)10(2,3)11;1-2/h7-8H,4-6H2,1-3H3,(H,12,13);1-2H3. The summed E-state index contributed by atoms with van der Waals surface area (Å²) >= 11 is 0. The fourth-order valence-corrected chi connectivity index (χ4v) is 1.31. The summed E-state index contributed by atoms with van der Waals surface area (Å²) in [6.45, 7) is 8.50. The van der Waals surface area contributed by atoms with Gasteiger partial charge in [-0.3, -0.25) is 4.79 Å². The molecule has 1 atom stereocenters. The molecular formula is C12H24FNO. The lowest BCUT2D eigenvalue weighted by Gasteiger charge is -2.18. The molecule has 15 heavy (non-hydrogen) atoms. The fraction of sp³-hybridized carbons (Fsp3) is 0.917. The van der Waals surface area contributed by atoms with Crippen LogP contribution in [0.4, 0.5) is 4.39 Å². The van der Waals surface area contributed by atoms with Crippen molar-refractivity contribution < 1.29 is 9.18 Å². The van der Waals surface area contributed by atoms with E-state index in [0.717, 1.165) is 12.3 Å². The summed E-state index contributed by atoms with van der Waals surface area (Å²) in [6, 6.07) is 0.107. The third kappa shape index (κ3) is 6.47. The molecule has 1 aliphatic carbocycles. The van der Waals surface area contributed by atoms with Crippen LogP contribution in [-0.2, 0) is 4.79 Å². The molecular weight excluding hydrogens is 193 g/mol. The molecule has 0 spiro atoms. The van der Waals surface area contributed by atoms with Crippen LogP contribution in [0.2, 0.25) is 0 Å². The van der Waals surface area contributed by atoms with Crippen LogP contribution in [0.1, 0.15) is 53.9 Å². The number of halogens is 1. The lowest BCUT2D eigenvalue weighted by Crippen LogP contribution is -2.43. The highest BCUT2D eigenvalue weighted by Gasteiger charge is 2.29. The molecule has 1 amide bonds. The number of nitrogens with one attached hydrogen (secondary N) is 1. The Morgan fingerprint density at radius 3 is 2.27 bits per heavy atom. The first kappa shape index (κ1) is 14.4. The first-order valence-corrected chi connectivity index (χ1v) is 5.89. The molecule has 1 N–H and O–H groups in total. The second-order valence-corrected chi connectivity index (χ2v) is 4.53. The van der Waals surface area contributed by atoms with Crippen LogP contribution in [0, 0.1) is 5.92 Å². The molecule has 0 aromatic carbocycles. The number of hydrogen-bond donors (Lipinski definition) is 1. The van der Waals surface area contributed by atoms with Gasteiger partial charge >= 0.3 is 0 Å². The van der Waals surface area contributed by atoms with Crippen LogP contribution in [0.15, 0.2) is 0 Å². The molecule has 0 aromatic rings. The maximum Gasteiger partial charge on any atom is 0.257 e. The van der Waals surface area contributed by atoms with Crippen LogP contribution < -0.4 is 5.32 Å². The van der Waals surface area contributed by atoms with Crippen LogP contribution in [0.5, 0.6) is 0 Å². The summed E-state index contributed by atoms with van der Waals surface area (Å²) < 4.78 is 13.1. The van der Waals surface area contributed by atoms with Gasteiger partial charge in [-0.15, -0.1) is 0 Å². The normalized spacial score (nSPS) is 17.5. The van der Waals surface area contributed by atoms with E-state index in [1.807, 2.05) is 20.8 Å². The molecule has 1 aliphatic rings. The van der Waals surface area contributed by atoms with E-state index >= 15 is 0 Å². The minimum Gasteiger partial charge on any atom is -0.351 e. The van der Waals surface area contributed by atoms with Crippen molar-refractivity contribution in [2.75, 3.05) is 0 Å². The highest BCUT2D eigenvalue weighted by atomic mass is 19.1. The Morgan fingerprint density at radius 1 is 1.47 bits per heavy atom. The number of carbonyl (C=O) groups excluding carboxylic acids is 1. The van der Waals surface area contributed by atoms with Crippen molar-refractivity contribution in [1.29, 1.82) is 0 Å². The van der Waals surface area contributed by atoms with Crippen LogP contribution in [0.25, 0.3) is 0 Å². The molecule has 1 saturated carbocycles. The summed E-state index contributed by atoms with van der Waals surface area (Å²) in [6.07, 6.45) is 3.51. The average molecular weight is 217 g/mol. The minimum atomic E-state index is -1.75. The molecule has 1 rings (SSSR count). The van der Waals surface area contributed by atoms with Gasteiger partial charge in [-0.25, -0.2) is 4.39 Å². The first-order valence-electron chi connectivity index (χ1n) is 5.89. The minimum absolute atomic E-state index is 0.107. The van der Waals surface area contributed by atoms with Crippen LogP contribution in [-0.4, -0.2) is 17.6 Å². The Kier molecular flexibility index (Phi) is 5.84. The van der Waals surface area contributed by atoms with E-state index < -0.39 is 11.6 Å². The fourth-order valence-electron chi connectivity index (χ4n) is 1.31. The van der Waals surface area contributed by atoms with Crippen LogP contribution >= 0.6 is 0 Å². The summed E-state index contributed by atoms with van der Waals surface area (Å²) in [5, 5.41) is 2.68. The topological polar surface area (TPSA) is 29.1 Å². The van der Waals surface area contributed by atoms with E-state index in [1.165, 1.54) is 26.7 Å². The Hall–Kier alpha value is -0.600. The number of carbonyl (C=O) groups is 1. The van der Waals surface area contributed by atoms with Crippen molar-refractivity contribution in [1.82, 2.24) is 5.32 Å². The van der Waals surface area contributed by atoms with Crippen molar-refractivity contribution in [2.45, 2.75) is 65.6 Å². The molecule has 0 bridgehead atoms. The van der Waals surface area contributed by atoms with Gasteiger partial charge in [0.05, 0.1) is 0 Å². The zero-order chi connectivity index (χ0) is 12.1. The Labute approximate surface area is 92.6 Å². The van der Waals surface area contributed by atoms with Gasteiger partial charge in [0.1, 0.15) is 0 Å². The monoisotopic (exact) mass is 217 g/mol. The zero-order valence-electron chi connectivity index (χ0n) is 10.6. The summed E-state index contributed by atoms with van der Waals surface area (Å²) in [5.41, 5.74) is -1.75. The van der Waals surface area contributed by atoms with E-state index in [4.69, 9.17) is 0 Å². The predicted molar refractivity (Wildman–Crippen MR) is 61.5 cm³/mol. The smallest absolute Gasteiger partial charge is 0.257 e. The quantitative estimate of drug-likeness (QED) is 0.770. The number of hydrogen-bond acceptors (Lipinski definition) is 1. The number of rotatable bonds is 4. The molecule has 0 heterocycles. The first-order chi connectivity index (χ1) is 6.89. The van der Waals surface area contributed by atoms with Gasteiger partial charge in [0, 0.05) is 6.04 Å². The second kappa shape index (κ2) is 6.09. The van der Waals surface area contributed by atoms with Gasteiger partial charge in [0.25, 0.3) is 5.91 Å². The van der Waals surface area contributed by atoms with Crippen LogP contribution in [0.3, 0.4) is 0 Å². The molecule has 0 saturated heterocycles. The van der Waals surface area contributed by atoms with Gasteiger partial charge in [-0.1, -0.05) is 26.7 Å². The maximum atomic E-state index is 13.1. The van der Waals surface area contributed by atoms with Gasteiger partial charge < -0.3 is 5.32 Å². The second-order valence-electron chi connectivity index (χ2n) is 4.53. The van der Waals surface area contributed by atoms with Gasteiger partial charge in [-0.05, 0) is 33.1 Å². The summed E-state index contributed by atoms with van der Waals surface area (Å²) in [5.74, 6) is 0.263. The van der Waals surface area contributed by atoms with E-state index in [0.29, 0.717) is 0 Å². The average Bonchev–Trinajstić information content (AvgIpc) is 2.90. The SMILES string of the molecule is CC.CC(CC1CC1)NC(=O)C(C)(C)F. The van der Waals surface area contributed by atoms with E-state index in [9.17, 15) is 9.18 Å². The number of alkyl halides is 1. The third-order valence-corrected chi connectivity index (χ3v) is 2.30. The molecule has 1 fully saturated rings. The Balaban J connectivity index is 0.000000921. The van der Waals surface area contributed by atoms with E-state index in [2.05, 4.69) is 5.32 Å². The lowest BCUT2D eigenvalue weighted by molar-refractivity contribution is -0.131. The highest BCUT2D eigenvalue weighted by Crippen LogP contribution is 2.33. The van der Waals surface area contributed by atoms with E-state index in [1.54, 1.807) is 0 Å². The maximum absolute atomic E-state index is 13.1. The highest BCUT2D eigenvalue weighted by molar-refractivity contribution is 5.84. The molecule has 90 valence electrons. The molecule has 0 aliphatic heterocycles.